The number of unbranched alkanes of at least 4 members (excludes halogenated alkanes) is 1. The molecule has 0 fully saturated rings. The fourth-order valence-corrected chi connectivity index (χ4v) is 1.91. The van der Waals surface area contributed by atoms with E-state index in [-0.39, 0.29) is 44.0 Å². The molecular weight excluding hydrogens is 649 g/mol. The standard InChI is InChI=1S/C18H20N2O2.C3H7O.CHCl3.O.Re/c21-17-9-3-1-7-15(17)13-19-11-5-6-12-20-14-16-8-2-4-10-18(16)22;1-2-3-4;2-1(3)4;;/h1-4,7-10,13-14,21-22H,5-6,11-12H2;2-3H2,1H3;1H;;/q;-1;;-2;/p-2. The van der Waals surface area contributed by atoms with Crippen LogP contribution in [0.5, 0.6) is 11.5 Å². The van der Waals surface area contributed by atoms with Crippen molar-refractivity contribution in [2.24, 2.45) is 9.98 Å². The van der Waals surface area contributed by atoms with Crippen LogP contribution >= 0.6 is 34.8 Å². The fourth-order valence-electron chi connectivity index (χ4n) is 1.91. The summed E-state index contributed by atoms with van der Waals surface area (Å²) >= 11 is 14.4. The molecule has 2 rings (SSSR count). The molecule has 0 atom stereocenters. The molecule has 32 heavy (non-hydrogen) atoms. The van der Waals surface area contributed by atoms with Gasteiger partial charge in [0.2, 0.25) is 0 Å². The summed E-state index contributed by atoms with van der Waals surface area (Å²) in [6, 6.07) is 13.7. The predicted octanol–water partition coefficient (Wildman–Crippen LogP) is 3.77. The second-order valence-corrected chi connectivity index (χ2v) is 7.78. The molecule has 10 heteroatoms. The summed E-state index contributed by atoms with van der Waals surface area (Å²) in [6.07, 6.45) is 5.81. The summed E-state index contributed by atoms with van der Waals surface area (Å²) in [5.41, 5.74) is 1.24. The van der Waals surface area contributed by atoms with Crippen LogP contribution < -0.4 is 15.3 Å². The number of nitrogens with zero attached hydrogens (tertiary/aromatic N) is 2. The van der Waals surface area contributed by atoms with Crippen LogP contribution in [0.15, 0.2) is 58.5 Å². The molecule has 2 aromatic carbocycles. The number of aliphatic imine (C=N–C) groups is 2. The van der Waals surface area contributed by atoms with Crippen molar-refractivity contribution >= 4 is 47.2 Å². The van der Waals surface area contributed by atoms with Gasteiger partial charge in [-0.1, -0.05) is 96.7 Å². The van der Waals surface area contributed by atoms with Crippen molar-refractivity contribution in [3.05, 3.63) is 59.7 Å². The van der Waals surface area contributed by atoms with Gasteiger partial charge in [-0.15, -0.1) is 18.1 Å². The van der Waals surface area contributed by atoms with E-state index in [1.807, 2.05) is 19.1 Å². The van der Waals surface area contributed by atoms with Gasteiger partial charge in [-0.2, -0.15) is 0 Å². The molecule has 181 valence electrons. The van der Waals surface area contributed by atoms with E-state index in [2.05, 4.69) is 9.98 Å². The molecule has 0 heterocycles. The Balaban J connectivity index is -0.000000729. The van der Waals surface area contributed by atoms with Crippen molar-refractivity contribution in [1.82, 2.24) is 0 Å². The van der Waals surface area contributed by atoms with Gasteiger partial charge in [-0.25, -0.2) is 0 Å². The molecule has 0 N–H and O–H groups in total. The van der Waals surface area contributed by atoms with E-state index in [9.17, 15) is 15.3 Å². The third kappa shape index (κ3) is 20.7. The number of rotatable bonds is 8. The number of hydrogen-bond donors (Lipinski definition) is 0. The first-order valence-electron chi connectivity index (χ1n) is 9.44. The Kier molecular flexibility index (Phi) is 27.1. The molecule has 0 aromatic heterocycles. The Labute approximate surface area is 218 Å². The SMILES string of the molecule is CCC[O-].ClC(Cl)Cl.[O-2].[O-]c1ccccc1C=NCCCCN=Cc1ccccc1[O-].[Re]. The summed E-state index contributed by atoms with van der Waals surface area (Å²) in [4.78, 5) is 8.49. The maximum atomic E-state index is 11.5. The maximum Gasteiger partial charge on any atom is 0.180 e. The minimum atomic E-state index is -0.750. The number of hydrogen-bond acceptors (Lipinski definition) is 5. The van der Waals surface area contributed by atoms with Crippen LogP contribution in [0.1, 0.15) is 37.3 Å². The Morgan fingerprint density at radius 3 is 1.41 bits per heavy atom. The van der Waals surface area contributed by atoms with E-state index in [0.717, 1.165) is 19.3 Å². The van der Waals surface area contributed by atoms with Crippen molar-refractivity contribution in [3.63, 3.8) is 0 Å². The van der Waals surface area contributed by atoms with Crippen LogP contribution in [0.25, 0.3) is 0 Å². The van der Waals surface area contributed by atoms with Gasteiger partial charge in [0.15, 0.2) is 4.30 Å². The molecule has 6 nitrogen and oxygen atoms in total. The van der Waals surface area contributed by atoms with Crippen molar-refractivity contribution in [1.29, 1.82) is 0 Å². The molecule has 0 amide bonds. The summed E-state index contributed by atoms with van der Waals surface area (Å²) in [7, 11) is 0. The van der Waals surface area contributed by atoms with Crippen molar-refractivity contribution in [3.8, 4) is 11.5 Å². The maximum absolute atomic E-state index is 11.5. The first-order valence-corrected chi connectivity index (χ1v) is 10.7. The van der Waals surface area contributed by atoms with Crippen molar-refractivity contribution in [2.45, 2.75) is 30.5 Å². The van der Waals surface area contributed by atoms with Crippen LogP contribution in [0.2, 0.25) is 0 Å². The number of benzene rings is 2. The third-order valence-electron chi connectivity index (χ3n) is 3.33. The van der Waals surface area contributed by atoms with E-state index in [1.165, 1.54) is 12.1 Å². The summed E-state index contributed by atoms with van der Waals surface area (Å²) in [5, 5.41) is 32.2. The van der Waals surface area contributed by atoms with Crippen molar-refractivity contribution in [2.75, 3.05) is 19.7 Å². The molecule has 0 bridgehead atoms. The quantitative estimate of drug-likeness (QED) is 0.241. The zero-order valence-corrected chi connectivity index (χ0v) is 22.6. The summed E-state index contributed by atoms with van der Waals surface area (Å²) < 4.78 is -0.750. The van der Waals surface area contributed by atoms with E-state index >= 15 is 0 Å². The van der Waals surface area contributed by atoms with Crippen molar-refractivity contribution < 1.29 is 41.2 Å². The molecular formula is C22H26Cl3N2O4Re-5. The van der Waals surface area contributed by atoms with Crippen LogP contribution in [0.3, 0.4) is 0 Å². The number of alkyl halides is 3. The molecule has 0 saturated carbocycles. The molecule has 1 radical (unpaired) electrons. The van der Waals surface area contributed by atoms with Crippen LogP contribution in [-0.2, 0) is 25.9 Å². The first-order chi connectivity index (χ1) is 14.4. The van der Waals surface area contributed by atoms with Gasteiger partial charge in [-0.3, -0.25) is 9.98 Å². The molecule has 0 unspecified atom stereocenters. The molecule has 0 aliphatic heterocycles. The van der Waals surface area contributed by atoms with E-state index in [1.54, 1.807) is 36.7 Å². The molecule has 0 aliphatic rings. The minimum absolute atomic E-state index is 0. The van der Waals surface area contributed by atoms with Gasteiger partial charge in [0.05, 0.1) is 0 Å². The van der Waals surface area contributed by atoms with Gasteiger partial charge in [-0.05, 0) is 24.0 Å². The van der Waals surface area contributed by atoms with Gasteiger partial charge in [0, 0.05) is 45.9 Å². The Morgan fingerprint density at radius 2 is 1.12 bits per heavy atom. The summed E-state index contributed by atoms with van der Waals surface area (Å²) in [5.74, 6) is -0.0146. The molecule has 0 spiro atoms. The Morgan fingerprint density at radius 1 is 0.812 bits per heavy atom. The zero-order valence-electron chi connectivity index (χ0n) is 17.6. The fraction of sp³-hybridized carbons (Fsp3) is 0.364. The van der Waals surface area contributed by atoms with Crippen LogP contribution in [-0.4, -0.2) is 36.4 Å². The smallest absolute Gasteiger partial charge is 0.180 e. The second kappa shape index (κ2) is 24.5. The topological polar surface area (TPSA) is 122 Å². The molecule has 2 aromatic rings. The van der Waals surface area contributed by atoms with Gasteiger partial charge < -0.3 is 20.8 Å². The van der Waals surface area contributed by atoms with Gasteiger partial charge in [0.25, 0.3) is 0 Å². The number of halogens is 3. The zero-order chi connectivity index (χ0) is 22.6. The average molecular weight is 675 g/mol. The predicted molar refractivity (Wildman–Crippen MR) is 123 cm³/mol. The average Bonchev–Trinajstić information content (AvgIpc) is 2.72. The molecule has 0 saturated heterocycles. The third-order valence-corrected chi connectivity index (χ3v) is 3.33. The van der Waals surface area contributed by atoms with Gasteiger partial charge >= 0.3 is 0 Å². The van der Waals surface area contributed by atoms with Gasteiger partial charge in [0.1, 0.15) is 0 Å². The monoisotopic (exact) mass is 674 g/mol. The van der Waals surface area contributed by atoms with Crippen LogP contribution in [0, 0.1) is 0 Å². The summed E-state index contributed by atoms with van der Waals surface area (Å²) in [6.45, 7) is 3.27. The normalized spacial score (nSPS) is 9.94. The molecule has 0 aliphatic carbocycles. The van der Waals surface area contributed by atoms with E-state index in [4.69, 9.17) is 34.8 Å². The second-order valence-electron chi connectivity index (χ2n) is 5.80. The van der Waals surface area contributed by atoms with Crippen LogP contribution in [0.4, 0.5) is 0 Å². The minimum Gasteiger partial charge on any atom is -2.00 e. The first kappa shape index (κ1) is 35.4. The Hall–Kier alpha value is -1.17. The number of para-hydroxylation sites is 2. The largest absolute Gasteiger partial charge is 2.00 e. The Bertz CT molecular complexity index is 688. The van der Waals surface area contributed by atoms with E-state index < -0.39 is 4.30 Å². The van der Waals surface area contributed by atoms with E-state index in [0.29, 0.717) is 24.2 Å².